The van der Waals surface area contributed by atoms with Crippen molar-refractivity contribution in [3.63, 3.8) is 0 Å². The molecule has 1 aromatic rings. The largest absolute Gasteiger partial charge is 0.598 e. The van der Waals surface area contributed by atoms with Crippen LogP contribution in [0.4, 0.5) is 0 Å². The average Bonchev–Trinajstić information content (AvgIpc) is 2.99. The highest BCUT2D eigenvalue weighted by atomic mass is 35.5. The van der Waals surface area contributed by atoms with Crippen molar-refractivity contribution in [3.05, 3.63) is 33.8 Å². The minimum atomic E-state index is -0.877. The zero-order valence-corrected chi connectivity index (χ0v) is 20.1. The Morgan fingerprint density at radius 1 is 1.10 bits per heavy atom. The van der Waals surface area contributed by atoms with Crippen molar-refractivity contribution >= 4 is 40.5 Å². The molecule has 5 nitrogen and oxygen atoms in total. The van der Waals surface area contributed by atoms with Crippen molar-refractivity contribution in [2.45, 2.75) is 57.4 Å². The lowest BCUT2D eigenvalue weighted by atomic mass is 9.87. The van der Waals surface area contributed by atoms with Crippen LogP contribution in [0.25, 0.3) is 0 Å². The highest BCUT2D eigenvalue weighted by Gasteiger charge is 2.40. The van der Waals surface area contributed by atoms with E-state index in [1.807, 2.05) is 0 Å². The first kappa shape index (κ1) is 24.1. The molecule has 0 bridgehead atoms. The zero-order chi connectivity index (χ0) is 21.6. The summed E-state index contributed by atoms with van der Waals surface area (Å²) in [5, 5.41) is 3.90. The van der Waals surface area contributed by atoms with E-state index in [2.05, 4.69) is 21.4 Å². The van der Waals surface area contributed by atoms with Gasteiger partial charge in [-0.3, -0.25) is 9.69 Å². The second-order valence-electron chi connectivity index (χ2n) is 8.36. The third kappa shape index (κ3) is 5.84. The van der Waals surface area contributed by atoms with Gasteiger partial charge in [0.2, 0.25) is 0 Å². The fourth-order valence-electron chi connectivity index (χ4n) is 4.71. The summed E-state index contributed by atoms with van der Waals surface area (Å²) in [5.41, 5.74) is 0.294. The molecular weight excluding hydrogens is 441 g/mol. The van der Waals surface area contributed by atoms with Gasteiger partial charge in [-0.1, -0.05) is 61.9 Å². The van der Waals surface area contributed by atoms with Gasteiger partial charge in [-0.15, -0.1) is 4.31 Å². The first-order valence-corrected chi connectivity index (χ1v) is 13.1. The minimum absolute atomic E-state index is 0.0573. The summed E-state index contributed by atoms with van der Waals surface area (Å²) in [6.45, 7) is 6.07. The van der Waals surface area contributed by atoms with Crippen molar-refractivity contribution in [1.82, 2.24) is 14.5 Å². The Kier molecular flexibility index (Phi) is 9.17. The summed E-state index contributed by atoms with van der Waals surface area (Å²) >= 11 is 11.6. The lowest BCUT2D eigenvalue weighted by molar-refractivity contribution is 0.0391. The SMILES string of the molecule is CCC[S+]([O-])N1CCN(C2(CNC(=O)c3c(Cl)cccc3Cl)CCCCCC2)CC1. The molecule has 8 heteroatoms. The molecule has 3 rings (SSSR count). The molecule has 1 saturated heterocycles. The van der Waals surface area contributed by atoms with Crippen molar-refractivity contribution in [3.8, 4) is 0 Å². The smallest absolute Gasteiger partial charge is 0.254 e. The van der Waals surface area contributed by atoms with Crippen molar-refractivity contribution in [2.24, 2.45) is 0 Å². The third-order valence-electron chi connectivity index (χ3n) is 6.38. The van der Waals surface area contributed by atoms with E-state index >= 15 is 0 Å². The molecule has 0 spiro atoms. The minimum Gasteiger partial charge on any atom is -0.598 e. The summed E-state index contributed by atoms with van der Waals surface area (Å²) in [6, 6.07) is 5.13. The van der Waals surface area contributed by atoms with Crippen LogP contribution in [0.15, 0.2) is 18.2 Å². The van der Waals surface area contributed by atoms with Crippen LogP contribution in [0.3, 0.4) is 0 Å². The Morgan fingerprint density at radius 2 is 1.70 bits per heavy atom. The molecule has 1 heterocycles. The van der Waals surface area contributed by atoms with E-state index in [1.54, 1.807) is 18.2 Å². The Hall–Kier alpha value is -0.500. The van der Waals surface area contributed by atoms with E-state index in [0.717, 1.165) is 51.2 Å². The van der Waals surface area contributed by atoms with Gasteiger partial charge in [0.25, 0.3) is 5.91 Å². The fourth-order valence-corrected chi connectivity index (χ4v) is 6.46. The number of piperazine rings is 1. The average molecular weight is 474 g/mol. The number of carbonyl (C=O) groups is 1. The van der Waals surface area contributed by atoms with Crippen LogP contribution < -0.4 is 5.32 Å². The topological polar surface area (TPSA) is 58.6 Å². The molecule has 1 atom stereocenters. The van der Waals surface area contributed by atoms with Crippen LogP contribution in [0, 0.1) is 0 Å². The number of nitrogens with zero attached hydrogens (tertiary/aromatic N) is 2. The molecule has 30 heavy (non-hydrogen) atoms. The van der Waals surface area contributed by atoms with Crippen LogP contribution in [0.2, 0.25) is 10.0 Å². The van der Waals surface area contributed by atoms with Crippen LogP contribution in [0.1, 0.15) is 62.2 Å². The number of hydrogen-bond donors (Lipinski definition) is 1. The van der Waals surface area contributed by atoms with Crippen LogP contribution in [-0.2, 0) is 11.4 Å². The number of benzene rings is 1. The van der Waals surface area contributed by atoms with Crippen LogP contribution >= 0.6 is 23.2 Å². The van der Waals surface area contributed by atoms with E-state index in [4.69, 9.17) is 23.2 Å². The highest BCUT2D eigenvalue weighted by Crippen LogP contribution is 2.34. The predicted molar refractivity (Wildman–Crippen MR) is 126 cm³/mol. The van der Waals surface area contributed by atoms with Crippen molar-refractivity contribution in [2.75, 3.05) is 38.5 Å². The summed E-state index contributed by atoms with van der Waals surface area (Å²) < 4.78 is 14.5. The third-order valence-corrected chi connectivity index (χ3v) is 8.71. The standard InChI is InChI=1S/C22H33Cl2N3O2S/c1-2-16-30(29)27-14-12-26(13-15-27)22(10-5-3-4-6-11-22)17-25-21(28)20-18(23)8-7-9-19(20)24/h7-9H,2-6,10-17H2,1H3,(H,25,28). The molecule has 168 valence electrons. The highest BCUT2D eigenvalue weighted by molar-refractivity contribution is 7.89. The summed E-state index contributed by atoms with van der Waals surface area (Å²) in [4.78, 5) is 15.4. The number of carbonyl (C=O) groups excluding carboxylic acids is 1. The molecule has 1 aliphatic heterocycles. The molecule has 1 saturated carbocycles. The molecule has 1 aromatic carbocycles. The van der Waals surface area contributed by atoms with Crippen LogP contribution in [-0.4, -0.2) is 63.7 Å². The van der Waals surface area contributed by atoms with Crippen LogP contribution in [0.5, 0.6) is 0 Å². The molecule has 0 radical (unpaired) electrons. The Balaban J connectivity index is 1.69. The molecule has 2 aliphatic rings. The predicted octanol–water partition coefficient (Wildman–Crippen LogP) is 4.51. The van der Waals surface area contributed by atoms with E-state index < -0.39 is 11.4 Å². The van der Waals surface area contributed by atoms with Gasteiger partial charge in [0.1, 0.15) is 5.75 Å². The van der Waals surface area contributed by atoms with Gasteiger partial charge in [0, 0.05) is 36.5 Å². The molecule has 1 unspecified atom stereocenters. The van der Waals surface area contributed by atoms with Gasteiger partial charge in [0.05, 0.1) is 28.7 Å². The monoisotopic (exact) mass is 473 g/mol. The molecular formula is C22H33Cl2N3O2S. The summed E-state index contributed by atoms with van der Waals surface area (Å²) in [5.74, 6) is 0.525. The molecule has 1 aliphatic carbocycles. The van der Waals surface area contributed by atoms with E-state index in [0.29, 0.717) is 22.2 Å². The number of rotatable bonds is 7. The fraction of sp³-hybridized carbons (Fsp3) is 0.682. The number of hydrogen-bond acceptors (Lipinski definition) is 4. The van der Waals surface area contributed by atoms with E-state index in [9.17, 15) is 9.35 Å². The number of nitrogens with one attached hydrogen (secondary N) is 1. The molecule has 1 amide bonds. The summed E-state index contributed by atoms with van der Waals surface area (Å²) in [6.07, 6.45) is 7.91. The maximum Gasteiger partial charge on any atom is 0.254 e. The Morgan fingerprint density at radius 3 is 2.27 bits per heavy atom. The second-order valence-corrected chi connectivity index (χ2v) is 10.7. The maximum absolute atomic E-state index is 12.9. The van der Waals surface area contributed by atoms with Gasteiger partial charge in [-0.2, -0.15) is 0 Å². The Bertz CT molecular complexity index is 685. The van der Waals surface area contributed by atoms with Gasteiger partial charge in [0.15, 0.2) is 0 Å². The Labute approximate surface area is 193 Å². The zero-order valence-electron chi connectivity index (χ0n) is 17.8. The van der Waals surface area contributed by atoms with Crippen molar-refractivity contribution in [1.29, 1.82) is 0 Å². The first-order valence-electron chi connectivity index (χ1n) is 11.1. The van der Waals surface area contributed by atoms with Crippen molar-refractivity contribution < 1.29 is 9.35 Å². The van der Waals surface area contributed by atoms with E-state index in [-0.39, 0.29) is 11.4 Å². The molecule has 2 fully saturated rings. The van der Waals surface area contributed by atoms with E-state index in [1.165, 1.54) is 25.7 Å². The summed E-state index contributed by atoms with van der Waals surface area (Å²) in [7, 11) is 0. The number of halogens is 2. The second kappa shape index (κ2) is 11.4. The molecule has 1 N–H and O–H groups in total. The lowest BCUT2D eigenvalue weighted by Gasteiger charge is -2.47. The van der Waals surface area contributed by atoms with Gasteiger partial charge in [-0.25, -0.2) is 0 Å². The van der Waals surface area contributed by atoms with Gasteiger partial charge in [-0.05, 0) is 31.4 Å². The quantitative estimate of drug-likeness (QED) is 0.467. The maximum atomic E-state index is 12.9. The van der Waals surface area contributed by atoms with Gasteiger partial charge < -0.3 is 9.87 Å². The number of amides is 1. The lowest BCUT2D eigenvalue weighted by Crippen LogP contribution is -2.61. The first-order chi connectivity index (χ1) is 14.5. The van der Waals surface area contributed by atoms with Gasteiger partial charge >= 0.3 is 0 Å². The molecule has 0 aromatic heterocycles. The normalized spacial score (nSPS) is 21.7.